The molecule has 2 aromatic rings. The highest BCUT2D eigenvalue weighted by Gasteiger charge is 2.08. The summed E-state index contributed by atoms with van der Waals surface area (Å²) in [6.07, 6.45) is 0. The molecule has 0 saturated carbocycles. The van der Waals surface area contributed by atoms with Crippen molar-refractivity contribution in [2.45, 2.75) is 26.6 Å². The molecule has 140 valence electrons. The van der Waals surface area contributed by atoms with Crippen molar-refractivity contribution < 1.29 is 19.4 Å². The van der Waals surface area contributed by atoms with Crippen molar-refractivity contribution in [1.29, 1.82) is 0 Å². The predicted octanol–water partition coefficient (Wildman–Crippen LogP) is 1.99. The maximum absolute atomic E-state index is 11.5. The average Bonchev–Trinajstić information content (AvgIpc) is 2.67. The van der Waals surface area contributed by atoms with E-state index in [1.807, 2.05) is 43.3 Å². The van der Waals surface area contributed by atoms with Crippen molar-refractivity contribution in [1.82, 2.24) is 10.6 Å². The van der Waals surface area contributed by atoms with Crippen LogP contribution in [0.5, 0.6) is 11.5 Å². The van der Waals surface area contributed by atoms with Crippen LogP contribution in [0.4, 0.5) is 0 Å². The molecular weight excluding hydrogens is 332 g/mol. The maximum Gasteiger partial charge on any atom is 0.257 e. The number of carbonyl (C=O) groups excluding carboxylic acids is 1. The third-order valence-corrected chi connectivity index (χ3v) is 3.79. The predicted molar refractivity (Wildman–Crippen MR) is 100 cm³/mol. The van der Waals surface area contributed by atoms with E-state index in [0.717, 1.165) is 16.7 Å². The molecule has 26 heavy (non-hydrogen) atoms. The lowest BCUT2D eigenvalue weighted by Crippen LogP contribution is -2.28. The van der Waals surface area contributed by atoms with Gasteiger partial charge < -0.3 is 25.2 Å². The van der Waals surface area contributed by atoms with E-state index < -0.39 is 0 Å². The van der Waals surface area contributed by atoms with Gasteiger partial charge >= 0.3 is 0 Å². The van der Waals surface area contributed by atoms with Crippen LogP contribution in [0.25, 0.3) is 0 Å². The second kappa shape index (κ2) is 10.4. The zero-order valence-electron chi connectivity index (χ0n) is 15.2. The Bertz CT molecular complexity index is 719. The first kappa shape index (κ1) is 19.8. The van der Waals surface area contributed by atoms with Crippen LogP contribution in [0.2, 0.25) is 0 Å². The summed E-state index contributed by atoms with van der Waals surface area (Å²) in [5.41, 5.74) is 3.07. The molecule has 2 aromatic carbocycles. The normalized spacial score (nSPS) is 10.4. The molecule has 1 amide bonds. The monoisotopic (exact) mass is 358 g/mol. The zero-order valence-corrected chi connectivity index (χ0v) is 15.2. The number of methoxy groups -OCH3 is 1. The van der Waals surface area contributed by atoms with Gasteiger partial charge in [0, 0.05) is 19.6 Å². The molecule has 0 radical (unpaired) electrons. The number of carbonyl (C=O) groups is 1. The van der Waals surface area contributed by atoms with Crippen LogP contribution < -0.4 is 20.1 Å². The fourth-order valence-corrected chi connectivity index (χ4v) is 2.52. The van der Waals surface area contributed by atoms with Gasteiger partial charge in [0.15, 0.2) is 18.1 Å². The molecule has 0 spiro atoms. The van der Waals surface area contributed by atoms with E-state index in [2.05, 4.69) is 10.6 Å². The Kier molecular flexibility index (Phi) is 7.92. The molecule has 2 rings (SSSR count). The molecule has 0 aliphatic carbocycles. The second-order valence-electron chi connectivity index (χ2n) is 5.81. The van der Waals surface area contributed by atoms with Crippen LogP contribution in [-0.2, 0) is 24.5 Å². The number of hydrogen-bond donors (Lipinski definition) is 3. The molecule has 0 atom stereocenters. The number of rotatable bonds is 10. The quantitative estimate of drug-likeness (QED) is 0.605. The molecule has 0 aliphatic heterocycles. The summed E-state index contributed by atoms with van der Waals surface area (Å²) in [6.45, 7) is 3.80. The summed E-state index contributed by atoms with van der Waals surface area (Å²) in [5, 5.41) is 15.2. The number of amides is 1. The summed E-state index contributed by atoms with van der Waals surface area (Å²) in [7, 11) is 1.58. The van der Waals surface area contributed by atoms with Crippen molar-refractivity contribution >= 4 is 5.91 Å². The summed E-state index contributed by atoms with van der Waals surface area (Å²) in [6, 6.07) is 13.5. The van der Waals surface area contributed by atoms with Crippen molar-refractivity contribution in [2.75, 3.05) is 20.3 Å². The van der Waals surface area contributed by atoms with Crippen LogP contribution in [0.1, 0.15) is 23.6 Å². The summed E-state index contributed by atoms with van der Waals surface area (Å²) < 4.78 is 10.9. The van der Waals surface area contributed by atoms with Gasteiger partial charge in [-0.3, -0.25) is 4.79 Å². The maximum atomic E-state index is 11.5. The van der Waals surface area contributed by atoms with Gasteiger partial charge in [0.05, 0.1) is 13.7 Å². The fourth-order valence-electron chi connectivity index (χ4n) is 2.52. The van der Waals surface area contributed by atoms with Gasteiger partial charge in [-0.2, -0.15) is 0 Å². The van der Waals surface area contributed by atoms with Crippen LogP contribution in [0.3, 0.4) is 0 Å². The third-order valence-electron chi connectivity index (χ3n) is 3.79. The van der Waals surface area contributed by atoms with E-state index in [1.165, 1.54) is 0 Å². The van der Waals surface area contributed by atoms with Crippen LogP contribution in [-0.4, -0.2) is 31.3 Å². The molecule has 0 aromatic heterocycles. The Morgan fingerprint density at radius 1 is 1.04 bits per heavy atom. The van der Waals surface area contributed by atoms with Gasteiger partial charge in [0.2, 0.25) is 0 Å². The van der Waals surface area contributed by atoms with Crippen molar-refractivity contribution in [3.63, 3.8) is 0 Å². The third kappa shape index (κ3) is 6.06. The van der Waals surface area contributed by atoms with Gasteiger partial charge in [0.25, 0.3) is 5.91 Å². The number of hydrogen-bond acceptors (Lipinski definition) is 5. The zero-order chi connectivity index (χ0) is 18.8. The molecule has 6 nitrogen and oxygen atoms in total. The molecule has 0 fully saturated rings. The van der Waals surface area contributed by atoms with E-state index in [9.17, 15) is 9.90 Å². The van der Waals surface area contributed by atoms with E-state index in [1.54, 1.807) is 13.2 Å². The Balaban J connectivity index is 1.90. The number of aliphatic hydroxyl groups excluding tert-OH is 1. The minimum atomic E-state index is -0.162. The molecule has 3 N–H and O–H groups in total. The summed E-state index contributed by atoms with van der Waals surface area (Å²) in [4.78, 5) is 11.5. The number of nitrogens with one attached hydrogen (secondary N) is 2. The lowest BCUT2D eigenvalue weighted by molar-refractivity contribution is -0.123. The SMILES string of the molecule is CCNC(=O)COc1ccc(CNCc2cccc(CO)c2)cc1OC. The number of benzene rings is 2. The fraction of sp³-hybridized carbons (Fsp3) is 0.350. The second-order valence-corrected chi connectivity index (χ2v) is 5.81. The highest BCUT2D eigenvalue weighted by atomic mass is 16.5. The standard InChI is InChI=1S/C20H26N2O4/c1-3-22-20(24)14-26-18-8-7-16(10-19(18)25-2)12-21-11-15-5-4-6-17(9-15)13-23/h4-10,21,23H,3,11-14H2,1-2H3,(H,22,24). The van der Waals surface area contributed by atoms with Crippen LogP contribution in [0, 0.1) is 0 Å². The first-order valence-corrected chi connectivity index (χ1v) is 8.62. The Morgan fingerprint density at radius 3 is 2.46 bits per heavy atom. The van der Waals surface area contributed by atoms with Gasteiger partial charge in [-0.1, -0.05) is 30.3 Å². The highest BCUT2D eigenvalue weighted by Crippen LogP contribution is 2.28. The van der Waals surface area contributed by atoms with E-state index in [4.69, 9.17) is 9.47 Å². The highest BCUT2D eigenvalue weighted by molar-refractivity contribution is 5.77. The largest absolute Gasteiger partial charge is 0.493 e. The molecule has 0 unspecified atom stereocenters. The van der Waals surface area contributed by atoms with Gasteiger partial charge in [0.1, 0.15) is 0 Å². The number of ether oxygens (including phenoxy) is 2. The van der Waals surface area contributed by atoms with E-state index in [0.29, 0.717) is 31.1 Å². The minimum Gasteiger partial charge on any atom is -0.493 e. The van der Waals surface area contributed by atoms with Gasteiger partial charge in [-0.05, 0) is 35.7 Å². The summed E-state index contributed by atoms with van der Waals surface area (Å²) >= 11 is 0. The Hall–Kier alpha value is -2.57. The van der Waals surface area contributed by atoms with Crippen LogP contribution >= 0.6 is 0 Å². The van der Waals surface area contributed by atoms with Crippen molar-refractivity contribution in [3.8, 4) is 11.5 Å². The van der Waals surface area contributed by atoms with Crippen LogP contribution in [0.15, 0.2) is 42.5 Å². The van der Waals surface area contributed by atoms with E-state index >= 15 is 0 Å². The van der Waals surface area contributed by atoms with E-state index in [-0.39, 0.29) is 19.1 Å². The molecular formula is C20H26N2O4. The van der Waals surface area contributed by atoms with Crippen molar-refractivity contribution in [3.05, 3.63) is 59.2 Å². The minimum absolute atomic E-state index is 0.0387. The molecule has 0 bridgehead atoms. The van der Waals surface area contributed by atoms with Crippen molar-refractivity contribution in [2.24, 2.45) is 0 Å². The lowest BCUT2D eigenvalue weighted by atomic mass is 10.1. The topological polar surface area (TPSA) is 79.8 Å². The van der Waals surface area contributed by atoms with Gasteiger partial charge in [-0.15, -0.1) is 0 Å². The average molecular weight is 358 g/mol. The Labute approximate surface area is 154 Å². The molecule has 6 heteroatoms. The molecule has 0 saturated heterocycles. The number of aliphatic hydroxyl groups is 1. The smallest absolute Gasteiger partial charge is 0.257 e. The first-order chi connectivity index (χ1) is 12.7. The first-order valence-electron chi connectivity index (χ1n) is 8.62. The Morgan fingerprint density at radius 2 is 1.77 bits per heavy atom. The number of likely N-dealkylation sites (N-methyl/N-ethyl adjacent to an activating group) is 1. The summed E-state index contributed by atoms with van der Waals surface area (Å²) in [5.74, 6) is 0.972. The molecule has 0 heterocycles. The molecule has 0 aliphatic rings. The van der Waals surface area contributed by atoms with Gasteiger partial charge in [-0.25, -0.2) is 0 Å². The lowest BCUT2D eigenvalue weighted by Gasteiger charge is -2.12.